The Balaban J connectivity index is 1.76. The fourth-order valence-electron chi connectivity index (χ4n) is 2.49. The molecule has 0 saturated carbocycles. The van der Waals surface area contributed by atoms with E-state index < -0.39 is 24.4 Å². The van der Waals surface area contributed by atoms with Crippen LogP contribution in [0.15, 0.2) is 48.5 Å². The van der Waals surface area contributed by atoms with Crippen LogP contribution >= 0.6 is 0 Å². The van der Waals surface area contributed by atoms with Crippen molar-refractivity contribution < 1.29 is 28.6 Å². The van der Waals surface area contributed by atoms with Crippen molar-refractivity contribution in [3.05, 3.63) is 59.7 Å². The molecule has 0 unspecified atom stereocenters. The van der Waals surface area contributed by atoms with E-state index in [1.54, 1.807) is 18.2 Å². The van der Waals surface area contributed by atoms with E-state index in [1.807, 2.05) is 44.2 Å². The lowest BCUT2D eigenvalue weighted by Gasteiger charge is -2.12. The van der Waals surface area contributed by atoms with Crippen LogP contribution in [0, 0.1) is 0 Å². The average Bonchev–Trinajstić information content (AvgIpc) is 2.76. The number of esters is 1. The maximum Gasteiger partial charge on any atom is 0.325 e. The monoisotopic (exact) mass is 414 g/mol. The molecule has 0 spiro atoms. The summed E-state index contributed by atoms with van der Waals surface area (Å²) in [6.45, 7) is 4.13. The number of benzene rings is 2. The van der Waals surface area contributed by atoms with Crippen molar-refractivity contribution >= 4 is 17.8 Å². The summed E-state index contributed by atoms with van der Waals surface area (Å²) in [5, 5.41) is 5.11. The van der Waals surface area contributed by atoms with Crippen LogP contribution in [0.3, 0.4) is 0 Å². The predicted octanol–water partition coefficient (Wildman–Crippen LogP) is 2.07. The SMILES string of the molecule is CCOc1ccc(C(=O)NCC(=O)OCC(=O)NCc2ccccc2)cc1OCC. The molecule has 8 nitrogen and oxygen atoms in total. The van der Waals surface area contributed by atoms with E-state index in [2.05, 4.69) is 10.6 Å². The molecule has 0 aromatic heterocycles. The molecule has 160 valence electrons. The van der Waals surface area contributed by atoms with Crippen LogP contribution in [0.1, 0.15) is 29.8 Å². The number of rotatable bonds is 11. The molecule has 0 aliphatic heterocycles. The highest BCUT2D eigenvalue weighted by atomic mass is 16.5. The van der Waals surface area contributed by atoms with E-state index in [1.165, 1.54) is 0 Å². The van der Waals surface area contributed by atoms with E-state index in [4.69, 9.17) is 14.2 Å². The number of amides is 2. The van der Waals surface area contributed by atoms with Gasteiger partial charge in [0.25, 0.3) is 11.8 Å². The first-order chi connectivity index (χ1) is 14.5. The van der Waals surface area contributed by atoms with Crippen molar-refractivity contribution in [3.8, 4) is 11.5 Å². The van der Waals surface area contributed by atoms with Gasteiger partial charge in [-0.2, -0.15) is 0 Å². The Morgan fingerprint density at radius 2 is 1.57 bits per heavy atom. The van der Waals surface area contributed by atoms with Crippen LogP contribution in [0.4, 0.5) is 0 Å². The van der Waals surface area contributed by atoms with E-state index in [0.29, 0.717) is 36.8 Å². The summed E-state index contributed by atoms with van der Waals surface area (Å²) in [5.41, 5.74) is 1.25. The number of carbonyl (C=O) groups excluding carboxylic acids is 3. The van der Waals surface area contributed by atoms with Crippen LogP contribution in [0.5, 0.6) is 11.5 Å². The first-order valence-corrected chi connectivity index (χ1v) is 9.67. The minimum Gasteiger partial charge on any atom is -0.490 e. The fraction of sp³-hybridized carbons (Fsp3) is 0.318. The molecule has 0 aliphatic rings. The second-order valence-electron chi connectivity index (χ2n) is 6.13. The lowest BCUT2D eigenvalue weighted by molar-refractivity contribution is -0.147. The summed E-state index contributed by atoms with van der Waals surface area (Å²) in [5.74, 6) is -0.619. The molecule has 0 aliphatic carbocycles. The zero-order valence-corrected chi connectivity index (χ0v) is 17.1. The Labute approximate surface area is 175 Å². The lowest BCUT2D eigenvalue weighted by Crippen LogP contribution is -2.33. The van der Waals surface area contributed by atoms with E-state index in [-0.39, 0.29) is 6.54 Å². The van der Waals surface area contributed by atoms with Gasteiger partial charge < -0.3 is 24.8 Å². The Bertz CT molecular complexity index is 854. The summed E-state index contributed by atoms with van der Waals surface area (Å²) in [6.07, 6.45) is 0. The van der Waals surface area contributed by atoms with Crippen LogP contribution in [-0.4, -0.2) is 44.1 Å². The van der Waals surface area contributed by atoms with E-state index >= 15 is 0 Å². The van der Waals surface area contributed by atoms with Crippen molar-refractivity contribution in [3.63, 3.8) is 0 Å². The molecule has 2 rings (SSSR count). The Morgan fingerprint density at radius 3 is 2.27 bits per heavy atom. The van der Waals surface area contributed by atoms with Gasteiger partial charge >= 0.3 is 5.97 Å². The third-order valence-electron chi connectivity index (χ3n) is 3.90. The number of ether oxygens (including phenoxy) is 3. The number of nitrogens with one attached hydrogen (secondary N) is 2. The molecule has 2 aromatic carbocycles. The molecule has 0 radical (unpaired) electrons. The van der Waals surface area contributed by atoms with Gasteiger partial charge in [-0.1, -0.05) is 30.3 Å². The molecular formula is C22H26N2O6. The highest BCUT2D eigenvalue weighted by Crippen LogP contribution is 2.28. The molecule has 2 N–H and O–H groups in total. The van der Waals surface area contributed by atoms with Crippen molar-refractivity contribution in [2.45, 2.75) is 20.4 Å². The standard InChI is InChI=1S/C22H26N2O6/c1-3-28-18-11-10-17(12-19(18)29-4-2)22(27)24-14-21(26)30-15-20(25)23-13-16-8-6-5-7-9-16/h5-12H,3-4,13-15H2,1-2H3,(H,23,25)(H,24,27). The van der Waals surface area contributed by atoms with Crippen molar-refractivity contribution in [2.24, 2.45) is 0 Å². The average molecular weight is 414 g/mol. The summed E-state index contributed by atoms with van der Waals surface area (Å²) in [4.78, 5) is 35.8. The molecule has 0 heterocycles. The Morgan fingerprint density at radius 1 is 0.867 bits per heavy atom. The van der Waals surface area contributed by atoms with Gasteiger partial charge in [-0.05, 0) is 37.6 Å². The lowest BCUT2D eigenvalue weighted by atomic mass is 10.2. The molecule has 0 bridgehead atoms. The molecule has 0 fully saturated rings. The smallest absolute Gasteiger partial charge is 0.325 e. The van der Waals surface area contributed by atoms with Gasteiger partial charge in [0.15, 0.2) is 18.1 Å². The molecule has 8 heteroatoms. The maximum absolute atomic E-state index is 12.3. The minimum absolute atomic E-state index is 0.315. The topological polar surface area (TPSA) is 103 Å². The summed E-state index contributed by atoms with van der Waals surface area (Å²) in [6, 6.07) is 14.1. The highest BCUT2D eigenvalue weighted by Gasteiger charge is 2.14. The Kier molecular flexibility index (Phi) is 9.18. The van der Waals surface area contributed by atoms with Crippen LogP contribution in [0.2, 0.25) is 0 Å². The van der Waals surface area contributed by atoms with Gasteiger partial charge in [-0.3, -0.25) is 14.4 Å². The summed E-state index contributed by atoms with van der Waals surface area (Å²) >= 11 is 0. The molecule has 2 amide bonds. The van der Waals surface area contributed by atoms with Gasteiger partial charge in [0.05, 0.1) is 13.2 Å². The van der Waals surface area contributed by atoms with Crippen molar-refractivity contribution in [2.75, 3.05) is 26.4 Å². The first-order valence-electron chi connectivity index (χ1n) is 9.67. The summed E-state index contributed by atoms with van der Waals surface area (Å²) in [7, 11) is 0. The van der Waals surface area contributed by atoms with Crippen molar-refractivity contribution in [1.82, 2.24) is 10.6 Å². The number of hydrogen-bond donors (Lipinski definition) is 2. The molecule has 2 aromatic rings. The van der Waals surface area contributed by atoms with Crippen LogP contribution in [0.25, 0.3) is 0 Å². The van der Waals surface area contributed by atoms with Gasteiger partial charge in [0.2, 0.25) is 0 Å². The zero-order valence-electron chi connectivity index (χ0n) is 17.1. The largest absolute Gasteiger partial charge is 0.490 e. The van der Waals surface area contributed by atoms with Gasteiger partial charge in [-0.15, -0.1) is 0 Å². The van der Waals surface area contributed by atoms with Gasteiger partial charge in [0.1, 0.15) is 6.54 Å². The van der Waals surface area contributed by atoms with E-state index in [9.17, 15) is 14.4 Å². The predicted molar refractivity (Wildman–Crippen MR) is 110 cm³/mol. The quantitative estimate of drug-likeness (QED) is 0.546. The van der Waals surface area contributed by atoms with Crippen LogP contribution in [-0.2, 0) is 20.9 Å². The second-order valence-corrected chi connectivity index (χ2v) is 6.13. The second kappa shape index (κ2) is 12.1. The molecule has 0 atom stereocenters. The normalized spacial score (nSPS) is 10.1. The molecule has 30 heavy (non-hydrogen) atoms. The maximum atomic E-state index is 12.3. The third kappa shape index (κ3) is 7.46. The first kappa shape index (κ1) is 22.7. The molecular weight excluding hydrogens is 388 g/mol. The third-order valence-corrected chi connectivity index (χ3v) is 3.90. The molecule has 0 saturated heterocycles. The van der Waals surface area contributed by atoms with E-state index in [0.717, 1.165) is 5.56 Å². The fourth-order valence-corrected chi connectivity index (χ4v) is 2.49. The zero-order chi connectivity index (χ0) is 21.8. The Hall–Kier alpha value is -3.55. The van der Waals surface area contributed by atoms with Gasteiger partial charge in [0, 0.05) is 12.1 Å². The number of hydrogen-bond acceptors (Lipinski definition) is 6. The number of carbonyl (C=O) groups is 3. The van der Waals surface area contributed by atoms with Crippen LogP contribution < -0.4 is 20.1 Å². The van der Waals surface area contributed by atoms with Gasteiger partial charge in [-0.25, -0.2) is 0 Å². The summed E-state index contributed by atoms with van der Waals surface area (Å²) < 4.78 is 15.8. The van der Waals surface area contributed by atoms with Crippen molar-refractivity contribution in [1.29, 1.82) is 0 Å². The highest BCUT2D eigenvalue weighted by molar-refractivity contribution is 5.96. The minimum atomic E-state index is -0.714.